The molecule has 0 aliphatic heterocycles. The molecule has 1 aliphatic carbocycles. The van der Waals surface area contributed by atoms with Crippen LogP contribution >= 0.6 is 11.6 Å². The number of carbonyl (C=O) groups is 1. The number of amides is 1. The minimum absolute atomic E-state index is 0.0516. The molecule has 4 nitrogen and oxygen atoms in total. The Hall–Kier alpha value is -1.26. The quantitative estimate of drug-likeness (QED) is 0.722. The van der Waals surface area contributed by atoms with Crippen molar-refractivity contribution in [2.24, 2.45) is 11.7 Å². The summed E-state index contributed by atoms with van der Waals surface area (Å²) in [7, 11) is 0. The van der Waals surface area contributed by atoms with Gasteiger partial charge in [0, 0.05) is 18.0 Å². The van der Waals surface area contributed by atoms with E-state index in [-0.39, 0.29) is 11.4 Å². The van der Waals surface area contributed by atoms with E-state index in [9.17, 15) is 4.79 Å². The third-order valence-electron chi connectivity index (χ3n) is 4.27. The van der Waals surface area contributed by atoms with Crippen molar-refractivity contribution in [2.75, 3.05) is 13.2 Å². The number of halogens is 1. The second kappa shape index (κ2) is 7.34. The number of ether oxygens (including phenoxy) is 1. The summed E-state index contributed by atoms with van der Waals surface area (Å²) in [6.07, 6.45) is 3.45. The Balaban J connectivity index is 1.69. The maximum atomic E-state index is 12.0. The van der Waals surface area contributed by atoms with Crippen molar-refractivity contribution in [1.82, 2.24) is 5.32 Å². The minimum Gasteiger partial charge on any atom is -0.494 e. The van der Waals surface area contributed by atoms with E-state index >= 15 is 0 Å². The van der Waals surface area contributed by atoms with Crippen molar-refractivity contribution in [2.45, 2.75) is 45.1 Å². The monoisotopic (exact) mass is 324 g/mol. The van der Waals surface area contributed by atoms with Crippen molar-refractivity contribution in [3.8, 4) is 5.75 Å². The van der Waals surface area contributed by atoms with Crippen LogP contribution in [0, 0.1) is 12.8 Å². The van der Waals surface area contributed by atoms with Gasteiger partial charge in [0.05, 0.1) is 12.1 Å². The fourth-order valence-electron chi connectivity index (χ4n) is 2.55. The fourth-order valence-corrected chi connectivity index (χ4v) is 2.67. The highest BCUT2D eigenvalue weighted by atomic mass is 35.5. The summed E-state index contributed by atoms with van der Waals surface area (Å²) in [6, 6.07) is 5.57. The van der Waals surface area contributed by atoms with Crippen LogP contribution in [0.25, 0.3) is 0 Å². The van der Waals surface area contributed by atoms with Crippen molar-refractivity contribution in [3.05, 3.63) is 28.8 Å². The lowest BCUT2D eigenvalue weighted by atomic mass is 9.95. The lowest BCUT2D eigenvalue weighted by molar-refractivity contribution is -0.123. The molecule has 1 atom stereocenters. The van der Waals surface area contributed by atoms with Gasteiger partial charge in [-0.05, 0) is 62.8 Å². The molecular formula is C17H25ClN2O2. The molecular weight excluding hydrogens is 300 g/mol. The predicted molar refractivity (Wildman–Crippen MR) is 89.2 cm³/mol. The molecule has 1 aromatic rings. The van der Waals surface area contributed by atoms with Gasteiger partial charge < -0.3 is 15.8 Å². The number of nitrogens with one attached hydrogen (secondary N) is 1. The van der Waals surface area contributed by atoms with E-state index in [1.165, 1.54) is 0 Å². The van der Waals surface area contributed by atoms with E-state index in [0.29, 0.717) is 31.9 Å². The normalized spacial score (nSPS) is 16.9. The summed E-state index contributed by atoms with van der Waals surface area (Å²) in [5.74, 6) is 1.37. The highest BCUT2D eigenvalue weighted by Crippen LogP contribution is 2.39. The molecule has 0 heterocycles. The average molecular weight is 325 g/mol. The van der Waals surface area contributed by atoms with Crippen molar-refractivity contribution >= 4 is 17.5 Å². The molecule has 1 saturated carbocycles. The van der Waals surface area contributed by atoms with Crippen molar-refractivity contribution < 1.29 is 9.53 Å². The van der Waals surface area contributed by atoms with Crippen LogP contribution in [0.4, 0.5) is 0 Å². The molecule has 122 valence electrons. The van der Waals surface area contributed by atoms with Gasteiger partial charge in [0.2, 0.25) is 5.91 Å². The highest BCUT2D eigenvalue weighted by Gasteiger charge is 2.41. The van der Waals surface area contributed by atoms with E-state index in [2.05, 4.69) is 5.32 Å². The van der Waals surface area contributed by atoms with Crippen LogP contribution in [0.3, 0.4) is 0 Å². The number of rotatable bonds is 8. The number of hydrogen-bond donors (Lipinski definition) is 2. The largest absolute Gasteiger partial charge is 0.494 e. The molecule has 3 N–H and O–H groups in total. The molecule has 1 aromatic carbocycles. The Kier molecular flexibility index (Phi) is 5.70. The predicted octanol–water partition coefficient (Wildman–Crippen LogP) is 3.05. The Morgan fingerprint density at radius 1 is 1.50 bits per heavy atom. The van der Waals surface area contributed by atoms with Gasteiger partial charge in [-0.25, -0.2) is 0 Å². The fraction of sp³-hybridized carbons (Fsp3) is 0.588. The van der Waals surface area contributed by atoms with Gasteiger partial charge in [0.25, 0.3) is 0 Å². The maximum Gasteiger partial charge on any atom is 0.220 e. The van der Waals surface area contributed by atoms with Gasteiger partial charge in [-0.2, -0.15) is 0 Å². The Bertz CT molecular complexity index is 531. The van der Waals surface area contributed by atoms with Crippen molar-refractivity contribution in [3.63, 3.8) is 0 Å². The second-order valence-corrected chi connectivity index (χ2v) is 6.71. The first-order valence-corrected chi connectivity index (χ1v) is 8.22. The number of benzene rings is 1. The zero-order valence-electron chi connectivity index (χ0n) is 13.3. The highest BCUT2D eigenvalue weighted by molar-refractivity contribution is 6.31. The van der Waals surface area contributed by atoms with E-state index in [4.69, 9.17) is 22.1 Å². The van der Waals surface area contributed by atoms with Gasteiger partial charge >= 0.3 is 0 Å². The maximum absolute atomic E-state index is 12.0. The van der Waals surface area contributed by atoms with E-state index in [1.807, 2.05) is 32.0 Å². The van der Waals surface area contributed by atoms with Gasteiger partial charge in [-0.15, -0.1) is 0 Å². The third kappa shape index (κ3) is 4.62. The molecule has 0 saturated heterocycles. The molecule has 22 heavy (non-hydrogen) atoms. The smallest absolute Gasteiger partial charge is 0.220 e. The Morgan fingerprint density at radius 3 is 2.82 bits per heavy atom. The molecule has 1 amide bonds. The Morgan fingerprint density at radius 2 is 2.23 bits per heavy atom. The summed E-state index contributed by atoms with van der Waals surface area (Å²) in [4.78, 5) is 12.0. The Labute approximate surface area is 137 Å². The van der Waals surface area contributed by atoms with Crippen LogP contribution in [0.1, 0.15) is 38.2 Å². The topological polar surface area (TPSA) is 64.3 Å². The number of nitrogens with two attached hydrogens (primary N) is 1. The minimum atomic E-state index is -0.245. The SMILES string of the molecule is Cc1cc(OCCCC(=O)NC(C)(CN)C2CC2)ccc1Cl. The molecule has 1 unspecified atom stereocenters. The standard InChI is InChI=1S/C17H25ClN2O2/c1-12-10-14(7-8-15(12)18)22-9-3-4-16(21)20-17(2,11-19)13-5-6-13/h7-8,10,13H,3-6,9,11,19H2,1-2H3,(H,20,21). The van der Waals surface area contributed by atoms with Crippen LogP contribution in [0.5, 0.6) is 5.75 Å². The van der Waals surface area contributed by atoms with E-state index in [1.54, 1.807) is 0 Å². The molecule has 1 aliphatic rings. The summed E-state index contributed by atoms with van der Waals surface area (Å²) in [6.45, 7) is 4.98. The molecule has 0 bridgehead atoms. The molecule has 0 aromatic heterocycles. The summed E-state index contributed by atoms with van der Waals surface area (Å²) in [5, 5.41) is 3.81. The number of hydrogen-bond acceptors (Lipinski definition) is 3. The van der Waals surface area contributed by atoms with Crippen LogP contribution in [-0.4, -0.2) is 24.6 Å². The second-order valence-electron chi connectivity index (χ2n) is 6.31. The lowest BCUT2D eigenvalue weighted by Crippen LogP contribution is -2.53. The molecule has 2 rings (SSSR count). The molecule has 0 spiro atoms. The van der Waals surface area contributed by atoms with Gasteiger partial charge in [-0.3, -0.25) is 4.79 Å². The van der Waals surface area contributed by atoms with Gasteiger partial charge in [0.15, 0.2) is 0 Å². The molecule has 5 heteroatoms. The molecule has 1 fully saturated rings. The van der Waals surface area contributed by atoms with Gasteiger partial charge in [0.1, 0.15) is 5.75 Å². The first-order chi connectivity index (χ1) is 10.4. The van der Waals surface area contributed by atoms with Crippen molar-refractivity contribution in [1.29, 1.82) is 0 Å². The number of carbonyl (C=O) groups excluding carboxylic acids is 1. The van der Waals surface area contributed by atoms with Crippen LogP contribution in [0.2, 0.25) is 5.02 Å². The first kappa shape index (κ1) is 17.1. The zero-order valence-corrected chi connectivity index (χ0v) is 14.1. The summed E-state index contributed by atoms with van der Waals surface area (Å²) >= 11 is 5.97. The summed E-state index contributed by atoms with van der Waals surface area (Å²) in [5.41, 5.74) is 6.54. The van der Waals surface area contributed by atoms with E-state index in [0.717, 1.165) is 29.2 Å². The zero-order chi connectivity index (χ0) is 16.2. The molecule has 0 radical (unpaired) electrons. The average Bonchev–Trinajstić information content (AvgIpc) is 3.32. The lowest BCUT2D eigenvalue weighted by Gasteiger charge is -2.29. The van der Waals surface area contributed by atoms with Crippen LogP contribution in [0.15, 0.2) is 18.2 Å². The van der Waals surface area contributed by atoms with E-state index < -0.39 is 0 Å². The third-order valence-corrected chi connectivity index (χ3v) is 4.70. The van der Waals surface area contributed by atoms with Gasteiger partial charge in [-0.1, -0.05) is 11.6 Å². The first-order valence-electron chi connectivity index (χ1n) is 7.84. The van der Waals surface area contributed by atoms with Crippen LogP contribution in [-0.2, 0) is 4.79 Å². The summed E-state index contributed by atoms with van der Waals surface area (Å²) < 4.78 is 5.65. The number of aryl methyl sites for hydroxylation is 1. The van der Waals surface area contributed by atoms with Crippen LogP contribution < -0.4 is 15.8 Å².